The third-order valence-corrected chi connectivity index (χ3v) is 6.49. The van der Waals surface area contributed by atoms with Crippen molar-refractivity contribution >= 4 is 39.4 Å². The van der Waals surface area contributed by atoms with E-state index in [1.54, 1.807) is 11.3 Å². The van der Waals surface area contributed by atoms with Gasteiger partial charge in [0.25, 0.3) is 5.91 Å². The lowest BCUT2D eigenvalue weighted by molar-refractivity contribution is 0.0949. The molecule has 29 heavy (non-hydrogen) atoms. The molecule has 2 aromatic carbocycles. The Hall–Kier alpha value is -2.67. The molecule has 0 bridgehead atoms. The number of amides is 1. The van der Waals surface area contributed by atoms with Gasteiger partial charge in [-0.25, -0.2) is 0 Å². The maximum atomic E-state index is 13.0. The van der Waals surface area contributed by atoms with E-state index < -0.39 is 6.10 Å². The molecule has 0 unspecified atom stereocenters. The molecule has 2 aromatic heterocycles. The van der Waals surface area contributed by atoms with Crippen molar-refractivity contribution in [3.63, 3.8) is 0 Å². The molecule has 0 radical (unpaired) electrons. The van der Waals surface area contributed by atoms with E-state index in [1.807, 2.05) is 72.3 Å². The monoisotopic (exact) mass is 423 g/mol. The highest BCUT2D eigenvalue weighted by atomic mass is 32.1. The standard InChI is InChI=1S/C23H21NO3S2/c1-2-27-19-9-7-15-5-3-4-6-18(15)21(19)23(26)24-13-17-8-10-20(29-17)22(25)16-11-12-28-14-16/h3-12,14,22,25H,2,13H2,1H3,(H,24,26)/t22-/m0/s1. The van der Waals surface area contributed by atoms with Crippen molar-refractivity contribution in [1.29, 1.82) is 0 Å². The number of carbonyl (C=O) groups is 1. The summed E-state index contributed by atoms with van der Waals surface area (Å²) in [6.07, 6.45) is -0.627. The molecule has 2 heterocycles. The second kappa shape index (κ2) is 8.78. The fraction of sp³-hybridized carbons (Fsp3) is 0.174. The molecule has 0 aliphatic rings. The molecule has 0 saturated heterocycles. The lowest BCUT2D eigenvalue weighted by Gasteiger charge is -2.13. The van der Waals surface area contributed by atoms with Gasteiger partial charge < -0.3 is 15.2 Å². The first-order valence-electron chi connectivity index (χ1n) is 9.39. The van der Waals surface area contributed by atoms with Crippen LogP contribution in [0.5, 0.6) is 5.75 Å². The number of aliphatic hydroxyl groups is 1. The average Bonchev–Trinajstić information content (AvgIpc) is 3.44. The number of thiophene rings is 2. The zero-order valence-corrected chi connectivity index (χ0v) is 17.6. The van der Waals surface area contributed by atoms with Crippen molar-refractivity contribution < 1.29 is 14.6 Å². The van der Waals surface area contributed by atoms with Gasteiger partial charge in [-0.15, -0.1) is 11.3 Å². The summed E-state index contributed by atoms with van der Waals surface area (Å²) in [5.74, 6) is 0.419. The predicted molar refractivity (Wildman–Crippen MR) is 119 cm³/mol. The van der Waals surface area contributed by atoms with Crippen LogP contribution in [0.25, 0.3) is 10.8 Å². The van der Waals surface area contributed by atoms with E-state index in [2.05, 4.69) is 5.32 Å². The highest BCUT2D eigenvalue weighted by molar-refractivity contribution is 7.12. The highest BCUT2D eigenvalue weighted by Crippen LogP contribution is 2.31. The minimum atomic E-state index is -0.627. The Morgan fingerprint density at radius 2 is 2.00 bits per heavy atom. The van der Waals surface area contributed by atoms with Crippen molar-refractivity contribution in [2.75, 3.05) is 6.61 Å². The van der Waals surface area contributed by atoms with Crippen LogP contribution in [0.4, 0.5) is 0 Å². The molecule has 2 N–H and O–H groups in total. The van der Waals surface area contributed by atoms with Gasteiger partial charge >= 0.3 is 0 Å². The Morgan fingerprint density at radius 3 is 2.79 bits per heavy atom. The first-order valence-corrected chi connectivity index (χ1v) is 11.1. The van der Waals surface area contributed by atoms with Crippen LogP contribution in [0.3, 0.4) is 0 Å². The molecule has 0 saturated carbocycles. The minimum Gasteiger partial charge on any atom is -0.493 e. The van der Waals surface area contributed by atoms with Crippen molar-refractivity contribution in [2.24, 2.45) is 0 Å². The van der Waals surface area contributed by atoms with Crippen molar-refractivity contribution in [3.05, 3.63) is 86.2 Å². The smallest absolute Gasteiger partial charge is 0.255 e. The largest absolute Gasteiger partial charge is 0.493 e. The van der Waals surface area contributed by atoms with Crippen LogP contribution >= 0.6 is 22.7 Å². The summed E-state index contributed by atoms with van der Waals surface area (Å²) in [5.41, 5.74) is 1.45. The lowest BCUT2D eigenvalue weighted by atomic mass is 10.0. The number of nitrogens with one attached hydrogen (secondary N) is 1. The Balaban J connectivity index is 1.53. The van der Waals surface area contributed by atoms with Gasteiger partial charge in [0, 0.05) is 9.75 Å². The fourth-order valence-electron chi connectivity index (χ4n) is 3.25. The van der Waals surface area contributed by atoms with Gasteiger partial charge in [0.15, 0.2) is 0 Å². The molecule has 4 aromatic rings. The molecular formula is C23H21NO3S2. The summed E-state index contributed by atoms with van der Waals surface area (Å²) in [4.78, 5) is 14.9. The molecule has 0 fully saturated rings. The van der Waals surface area contributed by atoms with Gasteiger partial charge in [0.1, 0.15) is 11.9 Å². The number of ether oxygens (including phenoxy) is 1. The van der Waals surface area contributed by atoms with Crippen LogP contribution in [0, 0.1) is 0 Å². The third kappa shape index (κ3) is 4.19. The molecule has 148 valence electrons. The van der Waals surface area contributed by atoms with Crippen LogP contribution in [-0.2, 0) is 6.54 Å². The van der Waals surface area contributed by atoms with E-state index in [9.17, 15) is 9.90 Å². The van der Waals surface area contributed by atoms with E-state index in [0.29, 0.717) is 24.5 Å². The summed E-state index contributed by atoms with van der Waals surface area (Å²) in [5, 5.41) is 19.2. The summed E-state index contributed by atoms with van der Waals surface area (Å²) in [6, 6.07) is 17.4. The van der Waals surface area contributed by atoms with Crippen LogP contribution in [0.2, 0.25) is 0 Å². The van der Waals surface area contributed by atoms with E-state index in [4.69, 9.17) is 4.74 Å². The molecular weight excluding hydrogens is 402 g/mol. The SMILES string of the molecule is CCOc1ccc2ccccc2c1C(=O)NCc1ccc([C@@H](O)c2ccsc2)s1. The minimum absolute atomic E-state index is 0.168. The highest BCUT2D eigenvalue weighted by Gasteiger charge is 2.18. The van der Waals surface area contributed by atoms with Gasteiger partial charge in [-0.3, -0.25) is 4.79 Å². The maximum absolute atomic E-state index is 13.0. The van der Waals surface area contributed by atoms with E-state index in [0.717, 1.165) is 26.1 Å². The molecule has 1 amide bonds. The number of aliphatic hydroxyl groups excluding tert-OH is 1. The van der Waals surface area contributed by atoms with Gasteiger partial charge in [-0.2, -0.15) is 11.3 Å². The number of carbonyl (C=O) groups excluding carboxylic acids is 1. The maximum Gasteiger partial charge on any atom is 0.255 e. The molecule has 1 atom stereocenters. The molecule has 0 aliphatic heterocycles. The second-order valence-electron chi connectivity index (χ2n) is 6.54. The Labute approximate surface area is 177 Å². The Morgan fingerprint density at radius 1 is 1.14 bits per heavy atom. The number of hydrogen-bond acceptors (Lipinski definition) is 5. The average molecular weight is 424 g/mol. The lowest BCUT2D eigenvalue weighted by Crippen LogP contribution is -2.23. The zero-order chi connectivity index (χ0) is 20.2. The normalized spacial score (nSPS) is 12.1. The summed E-state index contributed by atoms with van der Waals surface area (Å²) in [6.45, 7) is 2.80. The van der Waals surface area contributed by atoms with E-state index in [-0.39, 0.29) is 5.91 Å². The van der Waals surface area contributed by atoms with Gasteiger partial charge in [0.05, 0.1) is 18.7 Å². The van der Waals surface area contributed by atoms with Crippen molar-refractivity contribution in [2.45, 2.75) is 19.6 Å². The summed E-state index contributed by atoms with van der Waals surface area (Å²) in [7, 11) is 0. The van der Waals surface area contributed by atoms with Crippen LogP contribution in [0.1, 0.15) is 38.7 Å². The van der Waals surface area contributed by atoms with E-state index in [1.165, 1.54) is 11.3 Å². The van der Waals surface area contributed by atoms with Gasteiger partial charge in [0.2, 0.25) is 0 Å². The summed E-state index contributed by atoms with van der Waals surface area (Å²) >= 11 is 3.07. The molecule has 4 rings (SSSR count). The van der Waals surface area contributed by atoms with Crippen molar-refractivity contribution in [1.82, 2.24) is 5.32 Å². The summed E-state index contributed by atoms with van der Waals surface area (Å²) < 4.78 is 5.70. The number of fused-ring (bicyclic) bond motifs is 1. The van der Waals surface area contributed by atoms with Crippen LogP contribution < -0.4 is 10.1 Å². The third-order valence-electron chi connectivity index (χ3n) is 4.65. The topological polar surface area (TPSA) is 58.6 Å². The first kappa shape index (κ1) is 19.6. The Bertz CT molecular complexity index is 1120. The molecule has 0 spiro atoms. The Kier molecular flexibility index (Phi) is 5.94. The first-order chi connectivity index (χ1) is 14.2. The van der Waals surface area contributed by atoms with Gasteiger partial charge in [-0.1, -0.05) is 30.3 Å². The van der Waals surface area contributed by atoms with Crippen molar-refractivity contribution in [3.8, 4) is 5.75 Å². The number of hydrogen-bond donors (Lipinski definition) is 2. The predicted octanol–water partition coefficient (Wildman–Crippen LogP) is 5.37. The van der Waals surface area contributed by atoms with Gasteiger partial charge in [-0.05, 0) is 58.3 Å². The number of benzene rings is 2. The zero-order valence-electron chi connectivity index (χ0n) is 15.9. The molecule has 4 nitrogen and oxygen atoms in total. The second-order valence-corrected chi connectivity index (χ2v) is 8.52. The quantitative estimate of drug-likeness (QED) is 0.420. The number of rotatable bonds is 7. The van der Waals surface area contributed by atoms with Crippen LogP contribution in [0.15, 0.2) is 65.4 Å². The van der Waals surface area contributed by atoms with E-state index >= 15 is 0 Å². The molecule has 6 heteroatoms. The fourth-order valence-corrected chi connectivity index (χ4v) is 4.89. The molecule has 0 aliphatic carbocycles. The van der Waals surface area contributed by atoms with Crippen LogP contribution in [-0.4, -0.2) is 17.6 Å².